The Morgan fingerprint density at radius 2 is 2.06 bits per heavy atom. The topological polar surface area (TPSA) is 9.23 Å². The summed E-state index contributed by atoms with van der Waals surface area (Å²) in [6.07, 6.45) is 2.21. The summed E-state index contributed by atoms with van der Waals surface area (Å²) in [7, 11) is 1.71. The average Bonchev–Trinajstić information content (AvgIpc) is 2.91. The zero-order valence-electron chi connectivity index (χ0n) is 10.4. The number of hydrogen-bond donors (Lipinski definition) is 0. The lowest BCUT2D eigenvalue weighted by Gasteiger charge is -2.14. The van der Waals surface area contributed by atoms with Gasteiger partial charge in [-0.2, -0.15) is 11.3 Å². The van der Waals surface area contributed by atoms with Crippen LogP contribution in [0.1, 0.15) is 11.1 Å². The molecule has 0 radical (unpaired) electrons. The van der Waals surface area contributed by atoms with Gasteiger partial charge in [0.1, 0.15) is 5.75 Å². The van der Waals surface area contributed by atoms with E-state index < -0.39 is 0 Å². The summed E-state index contributed by atoms with van der Waals surface area (Å²) >= 11 is 5.40. The van der Waals surface area contributed by atoms with E-state index in [0.29, 0.717) is 5.92 Å². The van der Waals surface area contributed by atoms with Gasteiger partial charge in [0.05, 0.1) is 7.11 Å². The molecule has 1 atom stereocenters. The molecule has 0 amide bonds. The van der Waals surface area contributed by atoms with Gasteiger partial charge < -0.3 is 4.74 Å². The van der Waals surface area contributed by atoms with Crippen molar-refractivity contribution in [2.45, 2.75) is 12.8 Å². The molecule has 3 heteroatoms. The summed E-state index contributed by atoms with van der Waals surface area (Å²) in [5, 5.41) is 5.41. The molecule has 0 aliphatic carbocycles. The fourth-order valence-electron chi connectivity index (χ4n) is 2.06. The van der Waals surface area contributed by atoms with E-state index in [-0.39, 0.29) is 0 Å². The van der Waals surface area contributed by atoms with Crippen LogP contribution in [0.25, 0.3) is 0 Å². The Kier molecular flexibility index (Phi) is 5.26. The molecule has 0 spiro atoms. The van der Waals surface area contributed by atoms with Gasteiger partial charge >= 0.3 is 0 Å². The van der Waals surface area contributed by atoms with Crippen LogP contribution in [-0.2, 0) is 12.8 Å². The Bertz CT molecular complexity index is 467. The monoisotopic (exact) mass is 324 g/mol. The molecule has 0 saturated heterocycles. The molecule has 18 heavy (non-hydrogen) atoms. The minimum atomic E-state index is 0.631. The molecule has 1 unspecified atom stereocenters. The number of methoxy groups -OCH3 is 1. The van der Waals surface area contributed by atoms with Gasteiger partial charge in [-0.05, 0) is 58.8 Å². The highest BCUT2D eigenvalue weighted by molar-refractivity contribution is 9.09. The zero-order chi connectivity index (χ0) is 12.8. The second-order valence-electron chi connectivity index (χ2n) is 4.41. The van der Waals surface area contributed by atoms with Gasteiger partial charge in [-0.15, -0.1) is 0 Å². The van der Waals surface area contributed by atoms with Crippen molar-refractivity contribution in [1.82, 2.24) is 0 Å². The third-order valence-electron chi connectivity index (χ3n) is 2.98. The van der Waals surface area contributed by atoms with Gasteiger partial charge in [0.2, 0.25) is 0 Å². The van der Waals surface area contributed by atoms with Crippen LogP contribution in [0, 0.1) is 5.92 Å². The first-order chi connectivity index (χ1) is 8.81. The fourth-order valence-corrected chi connectivity index (χ4v) is 3.20. The van der Waals surface area contributed by atoms with Crippen molar-refractivity contribution < 1.29 is 4.74 Å². The van der Waals surface area contributed by atoms with Crippen molar-refractivity contribution in [2.75, 3.05) is 12.4 Å². The number of rotatable bonds is 6. The molecule has 1 heterocycles. The second-order valence-corrected chi connectivity index (χ2v) is 5.84. The van der Waals surface area contributed by atoms with Gasteiger partial charge in [0, 0.05) is 5.33 Å². The zero-order valence-corrected chi connectivity index (χ0v) is 12.8. The average molecular weight is 325 g/mol. The number of hydrogen-bond acceptors (Lipinski definition) is 2. The van der Waals surface area contributed by atoms with Crippen LogP contribution < -0.4 is 4.74 Å². The Hall–Kier alpha value is -0.800. The quantitative estimate of drug-likeness (QED) is 0.708. The lowest BCUT2D eigenvalue weighted by molar-refractivity contribution is 0.414. The molecule has 0 fully saturated rings. The minimum Gasteiger partial charge on any atom is -0.497 e. The number of halogens is 1. The van der Waals surface area contributed by atoms with Crippen LogP contribution in [0.5, 0.6) is 5.75 Å². The first-order valence-electron chi connectivity index (χ1n) is 6.01. The summed E-state index contributed by atoms with van der Waals surface area (Å²) in [5.41, 5.74) is 2.78. The van der Waals surface area contributed by atoms with Gasteiger partial charge in [0.25, 0.3) is 0 Å². The molecule has 1 aromatic heterocycles. The maximum absolute atomic E-state index is 5.27. The maximum Gasteiger partial charge on any atom is 0.119 e. The van der Waals surface area contributed by atoms with Crippen molar-refractivity contribution in [1.29, 1.82) is 0 Å². The first-order valence-corrected chi connectivity index (χ1v) is 8.08. The fraction of sp³-hybridized carbons (Fsp3) is 0.333. The molecule has 2 aromatic rings. The van der Waals surface area contributed by atoms with Gasteiger partial charge in [0.15, 0.2) is 0 Å². The SMILES string of the molecule is COc1cccc(CC(CBr)Cc2ccsc2)c1. The van der Waals surface area contributed by atoms with Crippen LogP contribution in [0.15, 0.2) is 41.1 Å². The molecule has 0 N–H and O–H groups in total. The highest BCUT2D eigenvalue weighted by Crippen LogP contribution is 2.21. The number of ether oxygens (including phenoxy) is 1. The Balaban J connectivity index is 2.00. The molecule has 96 valence electrons. The third-order valence-corrected chi connectivity index (χ3v) is 4.63. The van der Waals surface area contributed by atoms with Crippen molar-refractivity contribution in [3.63, 3.8) is 0 Å². The smallest absolute Gasteiger partial charge is 0.119 e. The summed E-state index contributed by atoms with van der Waals surface area (Å²) in [4.78, 5) is 0. The molecule has 0 aliphatic heterocycles. The Morgan fingerprint density at radius 3 is 2.72 bits per heavy atom. The van der Waals surface area contributed by atoms with Crippen LogP contribution in [-0.4, -0.2) is 12.4 Å². The van der Waals surface area contributed by atoms with E-state index in [2.05, 4.69) is 51.0 Å². The van der Waals surface area contributed by atoms with Crippen molar-refractivity contribution in [3.8, 4) is 5.75 Å². The largest absolute Gasteiger partial charge is 0.497 e. The lowest BCUT2D eigenvalue weighted by atomic mass is 9.95. The van der Waals surface area contributed by atoms with E-state index in [1.54, 1.807) is 18.4 Å². The van der Waals surface area contributed by atoms with E-state index in [1.807, 2.05) is 6.07 Å². The summed E-state index contributed by atoms with van der Waals surface area (Å²) < 4.78 is 5.27. The van der Waals surface area contributed by atoms with Crippen molar-refractivity contribution >= 4 is 27.3 Å². The number of alkyl halides is 1. The number of thiophene rings is 1. The predicted molar refractivity (Wildman–Crippen MR) is 82.0 cm³/mol. The van der Waals surface area contributed by atoms with Gasteiger partial charge in [-0.25, -0.2) is 0 Å². The minimum absolute atomic E-state index is 0.631. The molecule has 0 aliphatic rings. The molecule has 0 saturated carbocycles. The van der Waals surface area contributed by atoms with E-state index in [1.165, 1.54) is 11.1 Å². The molecule has 1 nitrogen and oxygen atoms in total. The molecule has 1 aromatic carbocycles. The highest BCUT2D eigenvalue weighted by atomic mass is 79.9. The van der Waals surface area contributed by atoms with Crippen molar-refractivity contribution in [2.24, 2.45) is 5.92 Å². The molecular weight excluding hydrogens is 308 g/mol. The normalized spacial score (nSPS) is 12.3. The lowest BCUT2D eigenvalue weighted by Crippen LogP contribution is -2.09. The van der Waals surface area contributed by atoms with Crippen molar-refractivity contribution in [3.05, 3.63) is 52.2 Å². The molecular formula is C15H17BrOS. The second kappa shape index (κ2) is 6.95. The summed E-state index contributed by atoms with van der Waals surface area (Å²) in [5.74, 6) is 1.57. The molecule has 2 rings (SSSR count). The van der Waals surface area contributed by atoms with Crippen LogP contribution in [0.3, 0.4) is 0 Å². The predicted octanol–water partition coefficient (Wildman–Crippen LogP) is 4.55. The molecule has 0 bridgehead atoms. The van der Waals surface area contributed by atoms with E-state index in [4.69, 9.17) is 4.74 Å². The van der Waals surface area contributed by atoms with Crippen LogP contribution in [0.2, 0.25) is 0 Å². The van der Waals surface area contributed by atoms with Gasteiger partial charge in [-0.1, -0.05) is 28.1 Å². The first kappa shape index (κ1) is 13.6. The number of benzene rings is 1. The van der Waals surface area contributed by atoms with Gasteiger partial charge in [-0.3, -0.25) is 0 Å². The van der Waals surface area contributed by atoms with E-state index in [9.17, 15) is 0 Å². The summed E-state index contributed by atoms with van der Waals surface area (Å²) in [6, 6.07) is 10.6. The maximum atomic E-state index is 5.27. The summed E-state index contributed by atoms with van der Waals surface area (Å²) in [6.45, 7) is 0. The Labute approximate surface area is 121 Å². The van der Waals surface area contributed by atoms with E-state index in [0.717, 1.165) is 23.9 Å². The van der Waals surface area contributed by atoms with Crippen LogP contribution in [0.4, 0.5) is 0 Å². The Morgan fingerprint density at radius 1 is 1.22 bits per heavy atom. The standard InChI is InChI=1S/C15H17BrOS/c1-17-15-4-2-3-12(9-15)7-14(10-16)8-13-5-6-18-11-13/h2-6,9,11,14H,7-8,10H2,1H3. The van der Waals surface area contributed by atoms with Crippen LogP contribution >= 0.6 is 27.3 Å². The third kappa shape index (κ3) is 3.85. The van der Waals surface area contributed by atoms with E-state index >= 15 is 0 Å². The highest BCUT2D eigenvalue weighted by Gasteiger charge is 2.10.